The largest absolute Gasteiger partial charge is 0.493 e. The maximum atomic E-state index is 12.7. The van der Waals surface area contributed by atoms with Crippen molar-refractivity contribution < 1.29 is 9.53 Å². The molecule has 1 unspecified atom stereocenters. The van der Waals surface area contributed by atoms with Crippen LogP contribution in [-0.2, 0) is 13.0 Å². The zero-order valence-corrected chi connectivity index (χ0v) is 13.9. The number of hydrogen-bond acceptors (Lipinski definition) is 4. The monoisotopic (exact) mass is 346 g/mol. The molecule has 3 N–H and O–H groups in total. The van der Waals surface area contributed by atoms with E-state index in [9.17, 15) is 4.79 Å². The molecule has 6 nitrogen and oxygen atoms in total. The van der Waals surface area contributed by atoms with E-state index in [0.29, 0.717) is 23.9 Å². The van der Waals surface area contributed by atoms with Gasteiger partial charge in [0.05, 0.1) is 12.6 Å². The fourth-order valence-corrected chi connectivity index (χ4v) is 3.50. The zero-order valence-electron chi connectivity index (χ0n) is 13.2. The Morgan fingerprint density at radius 3 is 3.25 bits per heavy atom. The van der Waals surface area contributed by atoms with Gasteiger partial charge in [-0.2, -0.15) is 5.10 Å². The van der Waals surface area contributed by atoms with Crippen molar-refractivity contribution in [2.45, 2.75) is 31.8 Å². The van der Waals surface area contributed by atoms with Crippen molar-refractivity contribution in [2.75, 3.05) is 13.2 Å². The molecule has 2 aliphatic rings. The van der Waals surface area contributed by atoms with Gasteiger partial charge in [0.2, 0.25) is 0 Å². The van der Waals surface area contributed by atoms with Crippen molar-refractivity contribution in [3.63, 3.8) is 0 Å². The molecule has 3 heterocycles. The van der Waals surface area contributed by atoms with Gasteiger partial charge in [-0.3, -0.25) is 9.89 Å². The summed E-state index contributed by atoms with van der Waals surface area (Å²) in [6.45, 7) is 2.21. The zero-order chi connectivity index (χ0) is 16.5. The van der Waals surface area contributed by atoms with E-state index >= 15 is 0 Å². The molecule has 7 heteroatoms. The van der Waals surface area contributed by atoms with Gasteiger partial charge in [-0.1, -0.05) is 17.7 Å². The molecule has 2 aliphatic heterocycles. The number of hydrogen-bond donors (Lipinski definition) is 3. The second-order valence-corrected chi connectivity index (χ2v) is 6.59. The number of carbonyl (C=O) groups is 1. The Labute approximate surface area is 144 Å². The van der Waals surface area contributed by atoms with E-state index in [1.54, 1.807) is 0 Å². The van der Waals surface area contributed by atoms with E-state index < -0.39 is 0 Å². The van der Waals surface area contributed by atoms with Gasteiger partial charge in [-0.25, -0.2) is 0 Å². The highest BCUT2D eigenvalue weighted by atomic mass is 35.5. The summed E-state index contributed by atoms with van der Waals surface area (Å²) < 4.78 is 5.75. The van der Waals surface area contributed by atoms with Crippen LogP contribution in [0.25, 0.3) is 0 Å². The molecule has 0 bridgehead atoms. The standard InChI is InChI=1S/C17H19ClN4O2/c18-10-3-4-11-13(2-1-7-24-15(11)8-10)20-17(23)16-12-9-19-6-5-14(12)21-22-16/h3-4,8,13,19H,1-2,5-7,9H2,(H,20,23)(H,21,22). The lowest BCUT2D eigenvalue weighted by Crippen LogP contribution is -2.31. The molecular weight excluding hydrogens is 328 g/mol. The molecule has 126 valence electrons. The van der Waals surface area contributed by atoms with E-state index in [2.05, 4.69) is 20.8 Å². The first-order valence-electron chi connectivity index (χ1n) is 8.22. The maximum absolute atomic E-state index is 12.7. The predicted molar refractivity (Wildman–Crippen MR) is 90.4 cm³/mol. The number of rotatable bonds is 2. The van der Waals surface area contributed by atoms with Crippen LogP contribution >= 0.6 is 11.6 Å². The number of aromatic amines is 1. The Bertz CT molecular complexity index is 774. The Morgan fingerprint density at radius 1 is 1.42 bits per heavy atom. The number of H-pyrrole nitrogens is 1. The summed E-state index contributed by atoms with van der Waals surface area (Å²) in [5, 5.41) is 14.2. The van der Waals surface area contributed by atoms with E-state index in [0.717, 1.165) is 48.4 Å². The Morgan fingerprint density at radius 2 is 2.33 bits per heavy atom. The van der Waals surface area contributed by atoms with E-state index in [1.165, 1.54) is 0 Å². The molecule has 0 saturated heterocycles. The van der Waals surface area contributed by atoms with Gasteiger partial charge in [0.1, 0.15) is 5.75 Å². The van der Waals surface area contributed by atoms with Gasteiger partial charge in [0.25, 0.3) is 5.91 Å². The van der Waals surface area contributed by atoms with Gasteiger partial charge in [-0.05, 0) is 25.0 Å². The second kappa shape index (κ2) is 6.45. The summed E-state index contributed by atoms with van der Waals surface area (Å²) in [5.41, 5.74) is 3.47. The van der Waals surface area contributed by atoms with Crippen LogP contribution in [0.2, 0.25) is 5.02 Å². The smallest absolute Gasteiger partial charge is 0.272 e. The molecule has 1 atom stereocenters. The van der Waals surface area contributed by atoms with Crippen LogP contribution in [0.3, 0.4) is 0 Å². The summed E-state index contributed by atoms with van der Waals surface area (Å²) in [6, 6.07) is 5.46. The topological polar surface area (TPSA) is 79.0 Å². The first-order chi connectivity index (χ1) is 11.7. The van der Waals surface area contributed by atoms with Gasteiger partial charge >= 0.3 is 0 Å². The average molecular weight is 347 g/mol. The van der Waals surface area contributed by atoms with Gasteiger partial charge < -0.3 is 15.4 Å². The number of amides is 1. The Balaban J connectivity index is 1.59. The summed E-state index contributed by atoms with van der Waals surface area (Å²) >= 11 is 6.06. The van der Waals surface area contributed by atoms with Crippen LogP contribution in [-0.4, -0.2) is 29.3 Å². The molecule has 4 rings (SSSR count). The quantitative estimate of drug-likeness (QED) is 0.780. The minimum absolute atomic E-state index is 0.101. The average Bonchev–Trinajstić information content (AvgIpc) is 2.92. The van der Waals surface area contributed by atoms with E-state index in [4.69, 9.17) is 16.3 Å². The Hall–Kier alpha value is -2.05. The molecule has 0 saturated carbocycles. The van der Waals surface area contributed by atoms with Crippen molar-refractivity contribution in [3.8, 4) is 5.75 Å². The van der Waals surface area contributed by atoms with E-state index in [-0.39, 0.29) is 11.9 Å². The number of halogens is 1. The first kappa shape index (κ1) is 15.5. The lowest BCUT2D eigenvalue weighted by atomic mass is 10.0. The normalized spacial score (nSPS) is 19.6. The van der Waals surface area contributed by atoms with Crippen LogP contribution in [0.5, 0.6) is 5.75 Å². The number of aromatic nitrogens is 2. The molecule has 0 aliphatic carbocycles. The molecule has 0 fully saturated rings. The van der Waals surface area contributed by atoms with Gasteiger partial charge in [0.15, 0.2) is 5.69 Å². The van der Waals surface area contributed by atoms with Crippen LogP contribution < -0.4 is 15.4 Å². The third-order valence-corrected chi connectivity index (χ3v) is 4.81. The van der Waals surface area contributed by atoms with Crippen LogP contribution in [0.15, 0.2) is 18.2 Å². The van der Waals surface area contributed by atoms with Crippen LogP contribution in [0.4, 0.5) is 0 Å². The van der Waals surface area contributed by atoms with Crippen molar-refractivity contribution in [2.24, 2.45) is 0 Å². The molecule has 0 radical (unpaired) electrons. The fourth-order valence-electron chi connectivity index (χ4n) is 3.34. The number of nitrogens with one attached hydrogen (secondary N) is 3. The molecule has 2 aromatic rings. The summed E-state index contributed by atoms with van der Waals surface area (Å²) in [6.07, 6.45) is 2.57. The molecule has 24 heavy (non-hydrogen) atoms. The minimum atomic E-state index is -0.149. The van der Waals surface area contributed by atoms with Crippen molar-refractivity contribution >= 4 is 17.5 Å². The summed E-state index contributed by atoms with van der Waals surface area (Å²) in [5.74, 6) is 0.597. The van der Waals surface area contributed by atoms with Crippen LogP contribution in [0.1, 0.15) is 46.2 Å². The predicted octanol–water partition coefficient (Wildman–Crippen LogP) is 2.35. The Kier molecular flexibility index (Phi) is 4.16. The lowest BCUT2D eigenvalue weighted by Gasteiger charge is -2.19. The third kappa shape index (κ3) is 2.87. The van der Waals surface area contributed by atoms with Gasteiger partial charge in [0, 0.05) is 41.4 Å². The van der Waals surface area contributed by atoms with Crippen molar-refractivity contribution in [1.29, 1.82) is 0 Å². The highest BCUT2D eigenvalue weighted by Gasteiger charge is 2.26. The number of benzene rings is 1. The highest BCUT2D eigenvalue weighted by Crippen LogP contribution is 2.33. The molecule has 0 spiro atoms. The third-order valence-electron chi connectivity index (χ3n) is 4.57. The van der Waals surface area contributed by atoms with Crippen molar-refractivity contribution in [1.82, 2.24) is 20.8 Å². The number of nitrogens with zero attached hydrogens (tertiary/aromatic N) is 1. The fraction of sp³-hybridized carbons (Fsp3) is 0.412. The SMILES string of the molecule is O=C(NC1CCCOc2cc(Cl)ccc21)c1n[nH]c2c1CNCC2. The minimum Gasteiger partial charge on any atom is -0.493 e. The number of ether oxygens (including phenoxy) is 1. The number of carbonyl (C=O) groups excluding carboxylic acids is 1. The van der Waals surface area contributed by atoms with Crippen LogP contribution in [0, 0.1) is 0 Å². The first-order valence-corrected chi connectivity index (χ1v) is 8.60. The van der Waals surface area contributed by atoms with Crippen molar-refractivity contribution in [3.05, 3.63) is 45.7 Å². The highest BCUT2D eigenvalue weighted by molar-refractivity contribution is 6.30. The molecule has 1 aromatic carbocycles. The molecule has 1 aromatic heterocycles. The van der Waals surface area contributed by atoms with E-state index in [1.807, 2.05) is 18.2 Å². The summed E-state index contributed by atoms with van der Waals surface area (Å²) in [7, 11) is 0. The molecular formula is C17H19ClN4O2. The second-order valence-electron chi connectivity index (χ2n) is 6.15. The molecule has 1 amide bonds. The summed E-state index contributed by atoms with van der Waals surface area (Å²) in [4.78, 5) is 12.7. The number of fused-ring (bicyclic) bond motifs is 2. The van der Waals surface area contributed by atoms with Gasteiger partial charge in [-0.15, -0.1) is 0 Å². The lowest BCUT2D eigenvalue weighted by molar-refractivity contribution is 0.0928. The maximum Gasteiger partial charge on any atom is 0.272 e.